The molecule has 0 spiro atoms. The highest BCUT2D eigenvalue weighted by atomic mass is 16.6. The molecule has 0 radical (unpaired) electrons. The van der Waals surface area contributed by atoms with Gasteiger partial charge in [-0.15, -0.1) is 0 Å². The number of benzene rings is 1. The number of nitrogens with zero attached hydrogens (tertiary/aromatic N) is 1. The van der Waals surface area contributed by atoms with Crippen LogP contribution in [-0.4, -0.2) is 35.7 Å². The third-order valence-corrected chi connectivity index (χ3v) is 5.59. The highest BCUT2D eigenvalue weighted by Gasteiger charge is 2.22. The first-order valence-electron chi connectivity index (χ1n) is 11.2. The van der Waals surface area contributed by atoms with Crippen molar-refractivity contribution in [2.75, 3.05) is 23.7 Å². The Morgan fingerprint density at radius 2 is 1.72 bits per heavy atom. The van der Waals surface area contributed by atoms with Crippen LogP contribution in [0.2, 0.25) is 0 Å². The van der Waals surface area contributed by atoms with Crippen molar-refractivity contribution in [2.45, 2.75) is 83.8 Å². The van der Waals surface area contributed by atoms with Gasteiger partial charge in [0.2, 0.25) is 0 Å². The van der Waals surface area contributed by atoms with Crippen molar-refractivity contribution >= 4 is 17.5 Å². The molecule has 0 saturated carbocycles. The van der Waals surface area contributed by atoms with E-state index in [0.29, 0.717) is 6.04 Å². The summed E-state index contributed by atoms with van der Waals surface area (Å²) in [5.74, 6) is 0. The van der Waals surface area contributed by atoms with Gasteiger partial charge in [0.1, 0.15) is 5.60 Å². The van der Waals surface area contributed by atoms with Crippen molar-refractivity contribution in [1.29, 1.82) is 0 Å². The zero-order valence-electron chi connectivity index (χ0n) is 18.3. The number of piperidine rings is 1. The Kier molecular flexibility index (Phi) is 7.45. The molecule has 0 atom stereocenters. The molecule has 160 valence electrons. The first kappa shape index (κ1) is 21.5. The van der Waals surface area contributed by atoms with Gasteiger partial charge in [-0.25, -0.2) is 4.79 Å². The Labute approximate surface area is 175 Å². The van der Waals surface area contributed by atoms with E-state index in [9.17, 15) is 4.79 Å². The second kappa shape index (κ2) is 10.0. The molecule has 2 aliphatic rings. The number of ether oxygens (including phenoxy) is 1. The maximum atomic E-state index is 12.2. The molecule has 1 fully saturated rings. The normalized spacial score (nSPS) is 20.8. The Morgan fingerprint density at radius 3 is 2.45 bits per heavy atom. The Balaban J connectivity index is 1.54. The second-order valence-electron chi connectivity index (χ2n) is 9.23. The molecule has 0 aromatic heterocycles. The summed E-state index contributed by atoms with van der Waals surface area (Å²) < 4.78 is 5.40. The molecule has 1 saturated heterocycles. The van der Waals surface area contributed by atoms with E-state index in [1.54, 1.807) is 5.70 Å². The lowest BCUT2D eigenvalue weighted by molar-refractivity contribution is 0.0636. The van der Waals surface area contributed by atoms with Crippen LogP contribution in [0.3, 0.4) is 0 Å². The molecule has 1 amide bonds. The van der Waals surface area contributed by atoms with Gasteiger partial charge in [-0.2, -0.15) is 0 Å². The van der Waals surface area contributed by atoms with Gasteiger partial charge in [-0.1, -0.05) is 31.1 Å². The molecule has 1 aromatic carbocycles. The average Bonchev–Trinajstić information content (AvgIpc) is 2.62. The largest absolute Gasteiger partial charge is 0.444 e. The van der Waals surface area contributed by atoms with Crippen LogP contribution in [0, 0.1) is 0 Å². The van der Waals surface area contributed by atoms with Gasteiger partial charge in [0.25, 0.3) is 0 Å². The molecule has 5 nitrogen and oxygen atoms in total. The lowest BCUT2D eigenvalue weighted by Crippen LogP contribution is -2.38. The number of amides is 1. The van der Waals surface area contributed by atoms with Gasteiger partial charge in [-0.3, -0.25) is 5.32 Å². The van der Waals surface area contributed by atoms with E-state index in [1.165, 1.54) is 38.5 Å². The molecule has 1 aliphatic carbocycles. The van der Waals surface area contributed by atoms with Crippen molar-refractivity contribution in [3.05, 3.63) is 36.0 Å². The van der Waals surface area contributed by atoms with Gasteiger partial charge in [0, 0.05) is 24.8 Å². The fraction of sp³-hybridized carbons (Fsp3) is 0.625. The SMILES string of the molecule is CC(C)(C)OC(=O)Nc1ccccc1NC1CCN(/C2=C/CCCCCC2)CC1. The summed E-state index contributed by atoms with van der Waals surface area (Å²) in [5, 5.41) is 6.53. The minimum absolute atomic E-state index is 0.419. The van der Waals surface area contributed by atoms with Crippen LogP contribution in [0.15, 0.2) is 36.0 Å². The molecule has 3 rings (SSSR count). The highest BCUT2D eigenvalue weighted by Crippen LogP contribution is 2.27. The van der Waals surface area contributed by atoms with Crippen molar-refractivity contribution < 1.29 is 9.53 Å². The predicted molar refractivity (Wildman–Crippen MR) is 120 cm³/mol. The quantitative estimate of drug-likeness (QED) is 0.638. The van der Waals surface area contributed by atoms with Gasteiger partial charge in [0.05, 0.1) is 11.4 Å². The first-order valence-corrected chi connectivity index (χ1v) is 11.2. The smallest absolute Gasteiger partial charge is 0.412 e. The molecule has 0 bridgehead atoms. The summed E-state index contributed by atoms with van der Waals surface area (Å²) in [4.78, 5) is 14.8. The number of nitrogens with one attached hydrogen (secondary N) is 2. The van der Waals surface area contributed by atoms with E-state index in [1.807, 2.05) is 45.0 Å². The molecule has 2 N–H and O–H groups in total. The minimum atomic E-state index is -0.509. The summed E-state index contributed by atoms with van der Waals surface area (Å²) in [6.07, 6.45) is 12.2. The van der Waals surface area contributed by atoms with Gasteiger partial charge in [-0.05, 0) is 71.4 Å². The van der Waals surface area contributed by atoms with Gasteiger partial charge < -0.3 is 15.0 Å². The zero-order chi connectivity index (χ0) is 20.7. The summed E-state index contributed by atoms with van der Waals surface area (Å²) in [6, 6.07) is 8.29. The van der Waals surface area contributed by atoms with E-state index in [4.69, 9.17) is 4.74 Å². The average molecular weight is 400 g/mol. The maximum Gasteiger partial charge on any atom is 0.412 e. The summed E-state index contributed by atoms with van der Waals surface area (Å²) in [7, 11) is 0. The number of allylic oxidation sites excluding steroid dienone is 2. The van der Waals surface area contributed by atoms with Crippen molar-refractivity contribution in [3.8, 4) is 0 Å². The number of anilines is 2. The van der Waals surface area contributed by atoms with Gasteiger partial charge >= 0.3 is 6.09 Å². The van der Waals surface area contributed by atoms with E-state index in [-0.39, 0.29) is 0 Å². The van der Waals surface area contributed by atoms with Crippen molar-refractivity contribution in [2.24, 2.45) is 0 Å². The van der Waals surface area contributed by atoms with Crippen molar-refractivity contribution in [1.82, 2.24) is 4.90 Å². The molecule has 5 heteroatoms. The van der Waals surface area contributed by atoms with E-state index < -0.39 is 11.7 Å². The third kappa shape index (κ3) is 6.98. The second-order valence-corrected chi connectivity index (χ2v) is 9.23. The Hall–Kier alpha value is -2.17. The van der Waals surface area contributed by atoms with E-state index in [0.717, 1.165) is 37.3 Å². The Bertz CT molecular complexity index is 700. The lowest BCUT2D eigenvalue weighted by Gasteiger charge is -2.36. The standard InChI is InChI=1S/C24H37N3O2/c1-24(2,3)29-23(28)26-22-14-10-9-13-21(22)25-19-15-17-27(18-16-19)20-11-7-5-4-6-8-12-20/h9-11,13-14,19,25H,4-8,12,15-18H2,1-3H3,(H,26,28)/b20-11+. The first-order chi connectivity index (χ1) is 13.9. The van der Waals surface area contributed by atoms with Crippen LogP contribution in [0.25, 0.3) is 0 Å². The zero-order valence-corrected chi connectivity index (χ0v) is 18.3. The van der Waals surface area contributed by atoms with Crippen LogP contribution >= 0.6 is 0 Å². The summed E-state index contributed by atoms with van der Waals surface area (Å²) >= 11 is 0. The molecule has 1 heterocycles. The summed E-state index contributed by atoms with van der Waals surface area (Å²) in [5.41, 5.74) is 2.79. The molecule has 0 unspecified atom stereocenters. The highest BCUT2D eigenvalue weighted by molar-refractivity contribution is 5.89. The van der Waals surface area contributed by atoms with Crippen LogP contribution in [0.1, 0.15) is 72.1 Å². The van der Waals surface area contributed by atoms with Crippen LogP contribution in [0.5, 0.6) is 0 Å². The fourth-order valence-electron chi connectivity index (χ4n) is 4.12. The molecular formula is C24H37N3O2. The molecule has 1 aliphatic heterocycles. The molecule has 1 aromatic rings. The number of carbonyl (C=O) groups excluding carboxylic acids is 1. The molecule has 29 heavy (non-hydrogen) atoms. The van der Waals surface area contributed by atoms with Crippen molar-refractivity contribution in [3.63, 3.8) is 0 Å². The number of rotatable bonds is 4. The minimum Gasteiger partial charge on any atom is -0.444 e. The lowest BCUT2D eigenvalue weighted by atomic mass is 9.99. The number of likely N-dealkylation sites (tertiary alicyclic amines) is 1. The topological polar surface area (TPSA) is 53.6 Å². The predicted octanol–water partition coefficient (Wildman–Crippen LogP) is 6.15. The summed E-state index contributed by atoms with van der Waals surface area (Å²) in [6.45, 7) is 7.82. The Morgan fingerprint density at radius 1 is 1.03 bits per heavy atom. The van der Waals surface area contributed by atoms with E-state index in [2.05, 4.69) is 21.6 Å². The number of carbonyl (C=O) groups is 1. The van der Waals surface area contributed by atoms with E-state index >= 15 is 0 Å². The fourth-order valence-corrected chi connectivity index (χ4v) is 4.12. The van der Waals surface area contributed by atoms with Crippen LogP contribution < -0.4 is 10.6 Å². The monoisotopic (exact) mass is 399 g/mol. The number of para-hydroxylation sites is 2. The maximum absolute atomic E-state index is 12.2. The van der Waals surface area contributed by atoms with Crippen LogP contribution in [0.4, 0.5) is 16.2 Å². The third-order valence-electron chi connectivity index (χ3n) is 5.59. The molecular weight excluding hydrogens is 362 g/mol. The number of hydrogen-bond donors (Lipinski definition) is 2. The van der Waals surface area contributed by atoms with Gasteiger partial charge in [0.15, 0.2) is 0 Å². The number of hydrogen-bond acceptors (Lipinski definition) is 4. The van der Waals surface area contributed by atoms with Crippen LogP contribution in [-0.2, 0) is 4.74 Å².